The summed E-state index contributed by atoms with van der Waals surface area (Å²) in [6.07, 6.45) is 0. The SMILES string of the molecule is CNC(=O)CN(C)C(=O)NC(C)C. The standard InChI is InChI=1S/C8H17N3O2/c1-6(2)10-8(13)11(4)5-7(12)9-3/h6H,5H2,1-4H3,(H,9,12)(H,10,13). The van der Waals surface area contributed by atoms with E-state index in [0.717, 1.165) is 0 Å². The van der Waals surface area contributed by atoms with Crippen LogP contribution < -0.4 is 10.6 Å². The van der Waals surface area contributed by atoms with Gasteiger partial charge in [0.1, 0.15) is 6.54 Å². The lowest BCUT2D eigenvalue weighted by molar-refractivity contribution is -0.120. The number of likely N-dealkylation sites (N-methyl/N-ethyl adjacent to an activating group) is 2. The van der Waals surface area contributed by atoms with Crippen LogP contribution in [0.2, 0.25) is 0 Å². The minimum Gasteiger partial charge on any atom is -0.358 e. The van der Waals surface area contributed by atoms with Crippen molar-refractivity contribution in [3.63, 3.8) is 0 Å². The van der Waals surface area contributed by atoms with Crippen LogP contribution in [0.5, 0.6) is 0 Å². The number of hydrogen-bond donors (Lipinski definition) is 2. The Morgan fingerprint density at radius 2 is 1.92 bits per heavy atom. The number of hydrogen-bond acceptors (Lipinski definition) is 2. The normalized spacial score (nSPS) is 9.62. The van der Waals surface area contributed by atoms with Gasteiger partial charge in [0.05, 0.1) is 0 Å². The molecule has 0 fully saturated rings. The predicted octanol–water partition coefficient (Wildman–Crippen LogP) is -0.218. The zero-order valence-corrected chi connectivity index (χ0v) is 8.55. The Hall–Kier alpha value is -1.26. The second-order valence-corrected chi connectivity index (χ2v) is 3.13. The van der Waals surface area contributed by atoms with E-state index in [0.29, 0.717) is 0 Å². The van der Waals surface area contributed by atoms with Gasteiger partial charge in [-0.3, -0.25) is 4.79 Å². The molecule has 0 unspecified atom stereocenters. The summed E-state index contributed by atoms with van der Waals surface area (Å²) in [6, 6.07) is -0.154. The lowest BCUT2D eigenvalue weighted by Crippen LogP contribution is -2.44. The molecule has 5 heteroatoms. The molecule has 0 atom stereocenters. The van der Waals surface area contributed by atoms with E-state index in [1.165, 1.54) is 11.9 Å². The zero-order chi connectivity index (χ0) is 10.4. The monoisotopic (exact) mass is 187 g/mol. The maximum Gasteiger partial charge on any atom is 0.317 e. The molecule has 0 radical (unpaired) electrons. The van der Waals surface area contributed by atoms with Crippen molar-refractivity contribution in [1.82, 2.24) is 15.5 Å². The molecular weight excluding hydrogens is 170 g/mol. The third-order valence-electron chi connectivity index (χ3n) is 1.42. The highest BCUT2D eigenvalue weighted by Gasteiger charge is 2.11. The zero-order valence-electron chi connectivity index (χ0n) is 8.55. The summed E-state index contributed by atoms with van der Waals surface area (Å²) < 4.78 is 0. The van der Waals surface area contributed by atoms with E-state index in [9.17, 15) is 9.59 Å². The Balaban J connectivity index is 3.89. The van der Waals surface area contributed by atoms with Gasteiger partial charge in [0.25, 0.3) is 0 Å². The van der Waals surface area contributed by atoms with Crippen molar-refractivity contribution in [1.29, 1.82) is 0 Å². The highest BCUT2D eigenvalue weighted by atomic mass is 16.2. The predicted molar refractivity (Wildman–Crippen MR) is 50.4 cm³/mol. The summed E-state index contributed by atoms with van der Waals surface area (Å²) >= 11 is 0. The average Bonchev–Trinajstić information content (AvgIpc) is 2.02. The van der Waals surface area contributed by atoms with Crippen molar-refractivity contribution in [2.75, 3.05) is 20.6 Å². The van der Waals surface area contributed by atoms with E-state index < -0.39 is 0 Å². The summed E-state index contributed by atoms with van der Waals surface area (Å²) in [4.78, 5) is 23.5. The average molecular weight is 187 g/mol. The minimum atomic E-state index is -0.237. The Kier molecular flexibility index (Phi) is 4.87. The molecule has 0 saturated carbocycles. The minimum absolute atomic E-state index is 0.0784. The highest BCUT2D eigenvalue weighted by molar-refractivity contribution is 5.83. The van der Waals surface area contributed by atoms with Crippen LogP contribution in [-0.4, -0.2) is 43.5 Å². The number of nitrogens with one attached hydrogen (secondary N) is 2. The van der Waals surface area contributed by atoms with Crippen LogP contribution in [0.25, 0.3) is 0 Å². The van der Waals surface area contributed by atoms with Crippen LogP contribution in [0.4, 0.5) is 4.79 Å². The van der Waals surface area contributed by atoms with Crippen LogP contribution in [0, 0.1) is 0 Å². The van der Waals surface area contributed by atoms with E-state index in [4.69, 9.17) is 0 Å². The molecule has 76 valence electrons. The Morgan fingerprint density at radius 3 is 2.31 bits per heavy atom. The summed E-state index contributed by atoms with van der Waals surface area (Å²) in [7, 11) is 3.11. The molecule has 2 N–H and O–H groups in total. The fourth-order valence-corrected chi connectivity index (χ4v) is 0.723. The van der Waals surface area contributed by atoms with E-state index in [1.807, 2.05) is 13.8 Å². The Morgan fingerprint density at radius 1 is 1.38 bits per heavy atom. The topological polar surface area (TPSA) is 61.4 Å². The number of nitrogens with zero attached hydrogens (tertiary/aromatic N) is 1. The molecule has 0 aromatic rings. The molecule has 13 heavy (non-hydrogen) atoms. The quantitative estimate of drug-likeness (QED) is 0.641. The maximum atomic E-state index is 11.2. The van der Waals surface area contributed by atoms with E-state index in [1.54, 1.807) is 7.05 Å². The van der Waals surface area contributed by atoms with Gasteiger partial charge in [0.2, 0.25) is 5.91 Å². The first kappa shape index (κ1) is 11.7. The van der Waals surface area contributed by atoms with Gasteiger partial charge < -0.3 is 15.5 Å². The van der Waals surface area contributed by atoms with Gasteiger partial charge in [-0.2, -0.15) is 0 Å². The summed E-state index contributed by atoms with van der Waals surface area (Å²) in [6.45, 7) is 3.81. The second-order valence-electron chi connectivity index (χ2n) is 3.13. The van der Waals surface area contributed by atoms with E-state index in [2.05, 4.69) is 10.6 Å². The summed E-state index contributed by atoms with van der Waals surface area (Å²) in [5.41, 5.74) is 0. The molecule has 0 saturated heterocycles. The molecular formula is C8H17N3O2. The highest BCUT2D eigenvalue weighted by Crippen LogP contribution is 1.86. The molecule has 0 aromatic carbocycles. The van der Waals surface area contributed by atoms with Gasteiger partial charge in [-0.15, -0.1) is 0 Å². The van der Waals surface area contributed by atoms with Crippen molar-refractivity contribution in [2.24, 2.45) is 0 Å². The van der Waals surface area contributed by atoms with Crippen LogP contribution in [0.1, 0.15) is 13.8 Å². The van der Waals surface area contributed by atoms with E-state index >= 15 is 0 Å². The molecule has 0 aliphatic carbocycles. The van der Waals surface area contributed by atoms with Crippen molar-refractivity contribution in [2.45, 2.75) is 19.9 Å². The molecule has 0 aliphatic rings. The molecule has 0 bridgehead atoms. The molecule has 0 rings (SSSR count). The van der Waals surface area contributed by atoms with Gasteiger partial charge >= 0.3 is 6.03 Å². The van der Waals surface area contributed by atoms with E-state index in [-0.39, 0.29) is 24.5 Å². The fourth-order valence-electron chi connectivity index (χ4n) is 0.723. The second kappa shape index (κ2) is 5.40. The molecule has 0 aromatic heterocycles. The van der Waals surface area contributed by atoms with Crippen LogP contribution in [-0.2, 0) is 4.79 Å². The first-order chi connectivity index (χ1) is 5.97. The van der Waals surface area contributed by atoms with Crippen molar-refractivity contribution < 1.29 is 9.59 Å². The lowest BCUT2D eigenvalue weighted by Gasteiger charge is -2.18. The number of rotatable bonds is 3. The number of carbonyl (C=O) groups excluding carboxylic acids is 2. The van der Waals surface area contributed by atoms with Crippen molar-refractivity contribution in [3.05, 3.63) is 0 Å². The van der Waals surface area contributed by atoms with Crippen LogP contribution in [0.3, 0.4) is 0 Å². The van der Waals surface area contributed by atoms with Crippen molar-refractivity contribution >= 4 is 11.9 Å². The molecule has 0 heterocycles. The molecule has 5 nitrogen and oxygen atoms in total. The van der Waals surface area contributed by atoms with Gasteiger partial charge in [0, 0.05) is 20.1 Å². The molecule has 3 amide bonds. The molecule has 0 spiro atoms. The van der Waals surface area contributed by atoms with Crippen molar-refractivity contribution in [3.8, 4) is 0 Å². The fraction of sp³-hybridized carbons (Fsp3) is 0.750. The Labute approximate surface area is 78.5 Å². The summed E-state index contributed by atoms with van der Waals surface area (Å²) in [5.74, 6) is -0.179. The van der Waals surface area contributed by atoms with Gasteiger partial charge in [-0.1, -0.05) is 0 Å². The lowest BCUT2D eigenvalue weighted by atomic mass is 10.4. The third kappa shape index (κ3) is 5.05. The van der Waals surface area contributed by atoms with Crippen LogP contribution >= 0.6 is 0 Å². The van der Waals surface area contributed by atoms with Gasteiger partial charge in [-0.05, 0) is 13.8 Å². The smallest absolute Gasteiger partial charge is 0.317 e. The third-order valence-corrected chi connectivity index (χ3v) is 1.42. The molecule has 0 aliphatic heterocycles. The Bertz CT molecular complexity index is 192. The number of urea groups is 1. The first-order valence-corrected chi connectivity index (χ1v) is 4.19. The van der Waals surface area contributed by atoms with Crippen LogP contribution in [0.15, 0.2) is 0 Å². The number of carbonyl (C=O) groups is 2. The maximum absolute atomic E-state index is 11.2. The van der Waals surface area contributed by atoms with Gasteiger partial charge in [-0.25, -0.2) is 4.79 Å². The largest absolute Gasteiger partial charge is 0.358 e. The number of amides is 3. The van der Waals surface area contributed by atoms with Gasteiger partial charge in [0.15, 0.2) is 0 Å². The summed E-state index contributed by atoms with van der Waals surface area (Å²) in [5, 5.41) is 5.12. The first-order valence-electron chi connectivity index (χ1n) is 4.19.